The second-order valence-electron chi connectivity index (χ2n) is 8.00. The first kappa shape index (κ1) is 24.6. The van der Waals surface area contributed by atoms with Crippen LogP contribution in [0, 0.1) is 10.1 Å². The number of aliphatic imine (C=N–C) groups is 1. The van der Waals surface area contributed by atoms with E-state index in [0.717, 1.165) is 29.8 Å². The highest BCUT2D eigenvalue weighted by atomic mass is 16.6. The standard InChI is InChI=1S/C26H36N2O3/c1-2-3-4-5-6-7-8-9-10-11-20-27-21-23-14-18-26(19-15-23)31-22-24-12-16-25(17-13-24)28(29)30/h12-19,21H,2-11,20,22H2,1H3. The second-order valence-corrected chi connectivity index (χ2v) is 8.00. The van der Waals surface area contributed by atoms with Gasteiger partial charge in [-0.15, -0.1) is 0 Å². The van der Waals surface area contributed by atoms with Crippen molar-refractivity contribution in [2.24, 2.45) is 4.99 Å². The molecule has 0 bridgehead atoms. The Morgan fingerprint density at radius 3 is 2.00 bits per heavy atom. The van der Waals surface area contributed by atoms with Crippen LogP contribution in [-0.4, -0.2) is 17.7 Å². The maximum Gasteiger partial charge on any atom is 0.269 e. The van der Waals surface area contributed by atoms with Crippen LogP contribution < -0.4 is 4.74 Å². The molecule has 0 saturated heterocycles. The van der Waals surface area contributed by atoms with E-state index in [0.29, 0.717) is 6.61 Å². The summed E-state index contributed by atoms with van der Waals surface area (Å²) in [5.41, 5.74) is 2.05. The summed E-state index contributed by atoms with van der Waals surface area (Å²) in [6.07, 6.45) is 15.3. The van der Waals surface area contributed by atoms with Crippen molar-refractivity contribution in [1.82, 2.24) is 0 Å². The summed E-state index contributed by atoms with van der Waals surface area (Å²) in [6.45, 7) is 3.53. The minimum atomic E-state index is -0.401. The molecular weight excluding hydrogens is 388 g/mol. The first-order valence-electron chi connectivity index (χ1n) is 11.6. The summed E-state index contributed by atoms with van der Waals surface area (Å²) in [7, 11) is 0. The molecule has 31 heavy (non-hydrogen) atoms. The Kier molecular flexibility index (Phi) is 12.0. The van der Waals surface area contributed by atoms with Gasteiger partial charge >= 0.3 is 0 Å². The number of hydrogen-bond donors (Lipinski definition) is 0. The predicted octanol–water partition coefficient (Wildman–Crippen LogP) is 7.51. The third-order valence-corrected chi connectivity index (χ3v) is 5.31. The third kappa shape index (κ3) is 10.8. The van der Waals surface area contributed by atoms with Gasteiger partial charge in [-0.3, -0.25) is 15.1 Å². The van der Waals surface area contributed by atoms with Gasteiger partial charge in [-0.05, 0) is 53.9 Å². The van der Waals surface area contributed by atoms with Gasteiger partial charge in [0, 0.05) is 24.9 Å². The molecule has 0 amide bonds. The van der Waals surface area contributed by atoms with Crippen molar-refractivity contribution in [3.05, 3.63) is 69.8 Å². The second kappa shape index (κ2) is 15.2. The molecule has 0 unspecified atom stereocenters. The van der Waals surface area contributed by atoms with Crippen molar-refractivity contribution in [3.63, 3.8) is 0 Å². The molecule has 168 valence electrons. The molecule has 0 aliphatic carbocycles. The topological polar surface area (TPSA) is 64.7 Å². The number of non-ortho nitro benzene ring substituents is 1. The molecular formula is C26H36N2O3. The number of nitro groups is 1. The Bertz CT molecular complexity index is 770. The third-order valence-electron chi connectivity index (χ3n) is 5.31. The molecule has 0 atom stereocenters. The van der Waals surface area contributed by atoms with E-state index in [-0.39, 0.29) is 5.69 Å². The summed E-state index contributed by atoms with van der Waals surface area (Å²) in [4.78, 5) is 14.8. The zero-order valence-corrected chi connectivity index (χ0v) is 18.8. The maximum atomic E-state index is 10.7. The summed E-state index contributed by atoms with van der Waals surface area (Å²) in [5, 5.41) is 10.7. The number of ether oxygens (including phenoxy) is 1. The molecule has 0 aromatic heterocycles. The molecule has 0 N–H and O–H groups in total. The van der Waals surface area contributed by atoms with E-state index in [1.807, 2.05) is 30.5 Å². The minimum absolute atomic E-state index is 0.0881. The molecule has 2 aromatic carbocycles. The molecule has 0 saturated carbocycles. The highest BCUT2D eigenvalue weighted by Gasteiger charge is 2.04. The van der Waals surface area contributed by atoms with Crippen LogP contribution in [0.4, 0.5) is 5.69 Å². The van der Waals surface area contributed by atoms with Gasteiger partial charge < -0.3 is 4.74 Å². The molecule has 0 aliphatic heterocycles. The fourth-order valence-corrected chi connectivity index (χ4v) is 3.39. The van der Waals surface area contributed by atoms with E-state index in [4.69, 9.17) is 4.74 Å². The first-order valence-corrected chi connectivity index (χ1v) is 11.6. The van der Waals surface area contributed by atoms with Crippen molar-refractivity contribution >= 4 is 11.9 Å². The van der Waals surface area contributed by atoms with Crippen LogP contribution in [0.15, 0.2) is 53.5 Å². The van der Waals surface area contributed by atoms with Gasteiger partial charge in [-0.25, -0.2) is 0 Å². The van der Waals surface area contributed by atoms with Crippen LogP contribution in [-0.2, 0) is 6.61 Å². The lowest BCUT2D eigenvalue weighted by Crippen LogP contribution is -1.96. The number of benzene rings is 2. The van der Waals surface area contributed by atoms with Crippen molar-refractivity contribution in [1.29, 1.82) is 0 Å². The van der Waals surface area contributed by atoms with Crippen LogP contribution in [0.2, 0.25) is 0 Å². The van der Waals surface area contributed by atoms with Gasteiger partial charge in [0.15, 0.2) is 0 Å². The highest BCUT2D eigenvalue weighted by Crippen LogP contribution is 2.16. The first-order chi connectivity index (χ1) is 15.2. The molecule has 5 nitrogen and oxygen atoms in total. The number of rotatable bonds is 16. The Morgan fingerprint density at radius 2 is 1.42 bits per heavy atom. The average Bonchev–Trinajstić information content (AvgIpc) is 2.79. The Labute approximate surface area is 186 Å². The zero-order valence-electron chi connectivity index (χ0n) is 18.8. The van der Waals surface area contributed by atoms with Crippen LogP contribution in [0.5, 0.6) is 5.75 Å². The van der Waals surface area contributed by atoms with Gasteiger partial charge in [-0.2, -0.15) is 0 Å². The van der Waals surface area contributed by atoms with Gasteiger partial charge in [0.2, 0.25) is 0 Å². The van der Waals surface area contributed by atoms with Crippen LogP contribution in [0.25, 0.3) is 0 Å². The van der Waals surface area contributed by atoms with Crippen molar-refractivity contribution in [2.45, 2.75) is 77.7 Å². The highest BCUT2D eigenvalue weighted by molar-refractivity contribution is 5.79. The van der Waals surface area contributed by atoms with Gasteiger partial charge in [0.25, 0.3) is 5.69 Å². The lowest BCUT2D eigenvalue weighted by molar-refractivity contribution is -0.384. The number of nitro benzene ring substituents is 1. The smallest absolute Gasteiger partial charge is 0.269 e. The van der Waals surface area contributed by atoms with E-state index >= 15 is 0 Å². The molecule has 2 aromatic rings. The minimum Gasteiger partial charge on any atom is -0.489 e. The molecule has 0 radical (unpaired) electrons. The van der Waals surface area contributed by atoms with Crippen LogP contribution in [0.3, 0.4) is 0 Å². The lowest BCUT2D eigenvalue weighted by atomic mass is 10.1. The Hall–Kier alpha value is -2.69. The van der Waals surface area contributed by atoms with E-state index in [9.17, 15) is 10.1 Å². The summed E-state index contributed by atoms with van der Waals surface area (Å²) in [5.74, 6) is 0.769. The van der Waals surface area contributed by atoms with Crippen molar-refractivity contribution < 1.29 is 9.66 Å². The average molecular weight is 425 g/mol. The molecule has 0 fully saturated rings. The molecule has 5 heteroatoms. The van der Waals surface area contributed by atoms with E-state index in [2.05, 4.69) is 11.9 Å². The zero-order chi connectivity index (χ0) is 22.2. The van der Waals surface area contributed by atoms with E-state index in [1.54, 1.807) is 12.1 Å². The number of nitrogens with zero attached hydrogens (tertiary/aromatic N) is 2. The summed E-state index contributed by atoms with van der Waals surface area (Å²) >= 11 is 0. The van der Waals surface area contributed by atoms with Crippen molar-refractivity contribution in [2.75, 3.05) is 6.54 Å². The fourth-order valence-electron chi connectivity index (χ4n) is 3.39. The maximum absolute atomic E-state index is 10.7. The SMILES string of the molecule is CCCCCCCCCCCCN=Cc1ccc(OCc2ccc([N+](=O)[O-])cc2)cc1. The number of hydrogen-bond acceptors (Lipinski definition) is 4. The van der Waals surface area contributed by atoms with E-state index < -0.39 is 4.92 Å². The summed E-state index contributed by atoms with van der Waals surface area (Å²) in [6, 6.07) is 14.3. The predicted molar refractivity (Wildman–Crippen MR) is 128 cm³/mol. The van der Waals surface area contributed by atoms with Gasteiger partial charge in [-0.1, -0.05) is 64.7 Å². The molecule has 2 rings (SSSR count). The lowest BCUT2D eigenvalue weighted by Gasteiger charge is -2.06. The van der Waals surface area contributed by atoms with E-state index in [1.165, 1.54) is 69.9 Å². The number of unbranched alkanes of at least 4 members (excludes halogenated alkanes) is 9. The molecule has 0 aliphatic rings. The van der Waals surface area contributed by atoms with Gasteiger partial charge in [0.1, 0.15) is 12.4 Å². The Morgan fingerprint density at radius 1 is 0.839 bits per heavy atom. The van der Waals surface area contributed by atoms with Crippen LogP contribution in [0.1, 0.15) is 82.3 Å². The van der Waals surface area contributed by atoms with Crippen molar-refractivity contribution in [3.8, 4) is 5.75 Å². The summed E-state index contributed by atoms with van der Waals surface area (Å²) < 4.78 is 5.75. The largest absolute Gasteiger partial charge is 0.489 e. The Balaban J connectivity index is 1.56. The monoisotopic (exact) mass is 424 g/mol. The normalized spacial score (nSPS) is 11.1. The fraction of sp³-hybridized carbons (Fsp3) is 0.500. The quantitative estimate of drug-likeness (QED) is 0.121. The molecule has 0 spiro atoms. The molecule has 0 heterocycles. The van der Waals surface area contributed by atoms with Gasteiger partial charge in [0.05, 0.1) is 4.92 Å². The van der Waals surface area contributed by atoms with Crippen LogP contribution >= 0.6 is 0 Å².